The number of anilines is 1. The van der Waals surface area contributed by atoms with Crippen LogP contribution in [-0.4, -0.2) is 48.0 Å². The van der Waals surface area contributed by atoms with Gasteiger partial charge in [-0.1, -0.05) is 35.3 Å². The molecule has 1 N–H and O–H groups in total. The van der Waals surface area contributed by atoms with E-state index in [2.05, 4.69) is 10.3 Å². The van der Waals surface area contributed by atoms with Gasteiger partial charge in [0, 0.05) is 34.8 Å². The molecule has 1 fully saturated rings. The van der Waals surface area contributed by atoms with Gasteiger partial charge in [0.05, 0.1) is 19.6 Å². The second-order valence-corrected chi connectivity index (χ2v) is 7.71. The maximum Gasteiger partial charge on any atom is 0.291 e. The molecule has 9 heteroatoms. The summed E-state index contributed by atoms with van der Waals surface area (Å²) < 4.78 is 11.1. The van der Waals surface area contributed by atoms with Crippen molar-refractivity contribution in [1.82, 2.24) is 9.88 Å². The molecule has 4 rings (SSSR count). The van der Waals surface area contributed by atoms with E-state index in [4.69, 9.17) is 32.4 Å². The van der Waals surface area contributed by atoms with Crippen LogP contribution in [0.1, 0.15) is 21.8 Å². The van der Waals surface area contributed by atoms with E-state index in [1.54, 1.807) is 36.1 Å². The Morgan fingerprint density at radius 2 is 1.93 bits per heavy atom. The van der Waals surface area contributed by atoms with E-state index in [1.165, 1.54) is 0 Å². The Labute approximate surface area is 182 Å². The number of benzene rings is 1. The molecule has 1 saturated heterocycles. The fourth-order valence-electron chi connectivity index (χ4n) is 3.36. The normalized spacial score (nSPS) is 14.2. The number of carbonyl (C=O) groups is 2. The Hall–Kier alpha value is -2.61. The summed E-state index contributed by atoms with van der Waals surface area (Å²) in [7, 11) is 0. The van der Waals surface area contributed by atoms with Crippen molar-refractivity contribution in [1.29, 1.82) is 0 Å². The summed E-state index contributed by atoms with van der Waals surface area (Å²) in [6.45, 7) is 3.62. The fraction of sp³-hybridized carbons (Fsp3) is 0.286. The van der Waals surface area contributed by atoms with Crippen LogP contribution < -0.4 is 5.32 Å². The van der Waals surface area contributed by atoms with Gasteiger partial charge in [-0.3, -0.25) is 9.59 Å². The van der Waals surface area contributed by atoms with Crippen LogP contribution in [0.15, 0.2) is 34.7 Å². The highest BCUT2D eigenvalue weighted by Crippen LogP contribution is 2.32. The standard InChI is InChI=1S/C21H19Cl2N3O4/c1-12-10-15(22)14(20(23)24-12)11-17(27)25-18-13-4-2-3-5-16(13)30-19(18)21(28)26-6-8-29-9-7-26/h2-5,10H,6-9,11H2,1H3,(H,25,27). The zero-order valence-corrected chi connectivity index (χ0v) is 17.7. The molecule has 0 unspecified atom stereocenters. The number of ether oxygens (including phenoxy) is 1. The van der Waals surface area contributed by atoms with Gasteiger partial charge in [0.2, 0.25) is 11.7 Å². The highest BCUT2D eigenvalue weighted by molar-refractivity contribution is 6.35. The monoisotopic (exact) mass is 447 g/mol. The molecular formula is C21H19Cl2N3O4. The number of para-hydroxylation sites is 1. The van der Waals surface area contributed by atoms with Crippen LogP contribution in [0.4, 0.5) is 5.69 Å². The molecular weight excluding hydrogens is 429 g/mol. The van der Waals surface area contributed by atoms with E-state index in [9.17, 15) is 9.59 Å². The van der Waals surface area contributed by atoms with Crippen molar-refractivity contribution in [3.63, 3.8) is 0 Å². The van der Waals surface area contributed by atoms with Crippen molar-refractivity contribution in [2.45, 2.75) is 13.3 Å². The average Bonchev–Trinajstić information content (AvgIpc) is 3.09. The third-order valence-corrected chi connectivity index (χ3v) is 5.49. The van der Waals surface area contributed by atoms with Crippen molar-refractivity contribution < 1.29 is 18.7 Å². The summed E-state index contributed by atoms with van der Waals surface area (Å²) >= 11 is 12.4. The number of furan rings is 1. The number of pyridine rings is 1. The van der Waals surface area contributed by atoms with Gasteiger partial charge >= 0.3 is 0 Å². The second-order valence-electron chi connectivity index (χ2n) is 6.95. The molecule has 0 radical (unpaired) electrons. The lowest BCUT2D eigenvalue weighted by Crippen LogP contribution is -2.40. The SMILES string of the molecule is Cc1cc(Cl)c(CC(=O)Nc2c(C(=O)N3CCOCC3)oc3ccccc23)c(Cl)n1. The zero-order valence-electron chi connectivity index (χ0n) is 16.2. The number of rotatable bonds is 4. The molecule has 2 amide bonds. The number of fused-ring (bicyclic) bond motifs is 1. The Morgan fingerprint density at radius 3 is 2.67 bits per heavy atom. The number of halogens is 2. The molecule has 1 aliphatic heterocycles. The molecule has 2 aromatic heterocycles. The van der Waals surface area contributed by atoms with Gasteiger partial charge in [-0.15, -0.1) is 0 Å². The van der Waals surface area contributed by atoms with Gasteiger partial charge in [0.15, 0.2) is 0 Å². The Balaban J connectivity index is 1.64. The van der Waals surface area contributed by atoms with Crippen molar-refractivity contribution >= 4 is 51.7 Å². The van der Waals surface area contributed by atoms with Crippen LogP contribution in [-0.2, 0) is 16.0 Å². The smallest absolute Gasteiger partial charge is 0.291 e. The lowest BCUT2D eigenvalue weighted by atomic mass is 10.1. The number of aromatic nitrogens is 1. The summed E-state index contributed by atoms with van der Waals surface area (Å²) in [4.78, 5) is 31.7. The molecule has 0 atom stereocenters. The fourth-order valence-corrected chi connectivity index (χ4v) is 4.02. The predicted molar refractivity (Wildman–Crippen MR) is 114 cm³/mol. The number of amides is 2. The first-order chi connectivity index (χ1) is 14.4. The van der Waals surface area contributed by atoms with Gasteiger partial charge in [-0.05, 0) is 25.1 Å². The Kier molecular flexibility index (Phi) is 5.94. The van der Waals surface area contributed by atoms with Gasteiger partial charge < -0.3 is 19.4 Å². The van der Waals surface area contributed by atoms with E-state index in [0.717, 1.165) is 0 Å². The Morgan fingerprint density at radius 1 is 1.20 bits per heavy atom. The van der Waals surface area contributed by atoms with Crippen molar-refractivity contribution in [3.05, 3.63) is 57.5 Å². The van der Waals surface area contributed by atoms with Crippen molar-refractivity contribution in [2.24, 2.45) is 0 Å². The number of carbonyl (C=O) groups excluding carboxylic acids is 2. The summed E-state index contributed by atoms with van der Waals surface area (Å²) in [6.07, 6.45) is -0.0877. The minimum atomic E-state index is -0.382. The van der Waals surface area contributed by atoms with Crippen LogP contribution in [0.2, 0.25) is 10.2 Å². The van der Waals surface area contributed by atoms with Crippen LogP contribution in [0, 0.1) is 6.92 Å². The van der Waals surface area contributed by atoms with E-state index in [0.29, 0.717) is 59.2 Å². The molecule has 1 aromatic carbocycles. The van der Waals surface area contributed by atoms with E-state index >= 15 is 0 Å². The lowest BCUT2D eigenvalue weighted by molar-refractivity contribution is -0.115. The van der Waals surface area contributed by atoms with E-state index in [1.807, 2.05) is 6.07 Å². The molecule has 0 spiro atoms. The topological polar surface area (TPSA) is 84.7 Å². The number of hydrogen-bond donors (Lipinski definition) is 1. The van der Waals surface area contributed by atoms with Gasteiger partial charge in [-0.2, -0.15) is 0 Å². The number of aryl methyl sites for hydroxylation is 1. The first kappa shape index (κ1) is 20.7. The first-order valence-corrected chi connectivity index (χ1v) is 10.2. The van der Waals surface area contributed by atoms with Crippen LogP contribution >= 0.6 is 23.2 Å². The number of morpholine rings is 1. The minimum Gasteiger partial charge on any atom is -0.449 e. The molecule has 0 saturated carbocycles. The third kappa shape index (κ3) is 4.14. The number of nitrogens with zero attached hydrogens (tertiary/aromatic N) is 2. The molecule has 30 heavy (non-hydrogen) atoms. The predicted octanol–water partition coefficient (Wildman–Crippen LogP) is 4.10. The minimum absolute atomic E-state index is 0.0877. The largest absolute Gasteiger partial charge is 0.449 e. The summed E-state index contributed by atoms with van der Waals surface area (Å²) in [5.74, 6) is -0.587. The molecule has 1 aliphatic rings. The van der Waals surface area contributed by atoms with Gasteiger partial charge in [0.1, 0.15) is 16.4 Å². The average molecular weight is 448 g/mol. The number of nitrogens with one attached hydrogen (secondary N) is 1. The lowest BCUT2D eigenvalue weighted by Gasteiger charge is -2.26. The Bertz CT molecular complexity index is 1100. The summed E-state index contributed by atoms with van der Waals surface area (Å²) in [5, 5.41) is 4.00. The maximum atomic E-state index is 13.0. The van der Waals surface area contributed by atoms with E-state index in [-0.39, 0.29) is 29.1 Å². The highest BCUT2D eigenvalue weighted by atomic mass is 35.5. The molecule has 156 valence electrons. The number of hydrogen-bond acceptors (Lipinski definition) is 5. The van der Waals surface area contributed by atoms with Crippen molar-refractivity contribution in [2.75, 3.05) is 31.6 Å². The molecule has 3 aromatic rings. The van der Waals surface area contributed by atoms with Gasteiger partial charge in [-0.25, -0.2) is 4.98 Å². The quantitative estimate of drug-likeness (QED) is 0.608. The van der Waals surface area contributed by atoms with Crippen molar-refractivity contribution in [3.8, 4) is 0 Å². The third-order valence-electron chi connectivity index (χ3n) is 4.84. The molecule has 0 aliphatic carbocycles. The zero-order chi connectivity index (χ0) is 21.3. The van der Waals surface area contributed by atoms with Gasteiger partial charge in [0.25, 0.3) is 5.91 Å². The molecule has 0 bridgehead atoms. The first-order valence-electron chi connectivity index (χ1n) is 9.44. The van der Waals surface area contributed by atoms with Crippen LogP contribution in [0.5, 0.6) is 0 Å². The summed E-state index contributed by atoms with van der Waals surface area (Å²) in [6, 6.07) is 8.80. The maximum absolute atomic E-state index is 13.0. The second kappa shape index (κ2) is 8.63. The molecule has 7 nitrogen and oxygen atoms in total. The van der Waals surface area contributed by atoms with Crippen LogP contribution in [0.25, 0.3) is 11.0 Å². The van der Waals surface area contributed by atoms with Crippen LogP contribution in [0.3, 0.4) is 0 Å². The highest BCUT2D eigenvalue weighted by Gasteiger charge is 2.28. The molecule has 3 heterocycles. The summed E-state index contributed by atoms with van der Waals surface area (Å²) in [5.41, 5.74) is 1.93. The van der Waals surface area contributed by atoms with E-state index < -0.39 is 0 Å².